The lowest BCUT2D eigenvalue weighted by Gasteiger charge is -2.09. The summed E-state index contributed by atoms with van der Waals surface area (Å²) >= 11 is 0. The molecule has 0 aromatic heterocycles. The van der Waals surface area contributed by atoms with Crippen molar-refractivity contribution in [2.24, 2.45) is 5.92 Å². The van der Waals surface area contributed by atoms with E-state index in [1.54, 1.807) is 0 Å². The van der Waals surface area contributed by atoms with Crippen molar-refractivity contribution in [2.75, 3.05) is 13.6 Å². The van der Waals surface area contributed by atoms with E-state index < -0.39 is 0 Å². The zero-order valence-corrected chi connectivity index (χ0v) is 9.03. The van der Waals surface area contributed by atoms with E-state index in [4.69, 9.17) is 0 Å². The first-order chi connectivity index (χ1) is 5.81. The smallest absolute Gasteiger partial charge is 0.00518 e. The molecule has 0 bridgehead atoms. The van der Waals surface area contributed by atoms with Crippen LogP contribution in [0.3, 0.4) is 0 Å². The topological polar surface area (TPSA) is 12.0 Å². The van der Waals surface area contributed by atoms with Crippen molar-refractivity contribution in [3.8, 4) is 0 Å². The summed E-state index contributed by atoms with van der Waals surface area (Å²) in [6.07, 6.45) is 8.35. The van der Waals surface area contributed by atoms with Crippen molar-refractivity contribution >= 4 is 0 Å². The third kappa shape index (κ3) is 8.06. The molecule has 0 saturated heterocycles. The minimum Gasteiger partial charge on any atom is -0.320 e. The van der Waals surface area contributed by atoms with E-state index in [1.165, 1.54) is 45.1 Å². The molecule has 0 radical (unpaired) electrons. The molecule has 0 fully saturated rings. The second-order valence-electron chi connectivity index (χ2n) is 3.85. The van der Waals surface area contributed by atoms with Crippen molar-refractivity contribution in [3.05, 3.63) is 0 Å². The summed E-state index contributed by atoms with van der Waals surface area (Å²) in [7, 11) is 2.03. The molecule has 1 N–H and O–H groups in total. The summed E-state index contributed by atoms with van der Waals surface area (Å²) in [5.41, 5.74) is 0. The van der Waals surface area contributed by atoms with Gasteiger partial charge in [-0.25, -0.2) is 0 Å². The summed E-state index contributed by atoms with van der Waals surface area (Å²) in [4.78, 5) is 0. The van der Waals surface area contributed by atoms with E-state index in [9.17, 15) is 0 Å². The number of rotatable bonds is 8. The van der Waals surface area contributed by atoms with Gasteiger partial charge in [-0.2, -0.15) is 0 Å². The molecule has 0 aliphatic heterocycles. The van der Waals surface area contributed by atoms with Gasteiger partial charge in [0, 0.05) is 0 Å². The molecule has 1 unspecified atom stereocenters. The predicted molar refractivity (Wildman–Crippen MR) is 56.5 cm³/mol. The lowest BCUT2D eigenvalue weighted by Crippen LogP contribution is -2.09. The fraction of sp³-hybridized carbons (Fsp3) is 1.00. The fourth-order valence-corrected chi connectivity index (χ4v) is 1.51. The normalized spacial score (nSPS) is 13.2. The molecular weight excluding hydrogens is 146 g/mol. The highest BCUT2D eigenvalue weighted by Crippen LogP contribution is 2.14. The average Bonchev–Trinajstić information content (AvgIpc) is 2.06. The Hall–Kier alpha value is -0.0400. The maximum atomic E-state index is 3.19. The van der Waals surface area contributed by atoms with Crippen LogP contribution in [0.2, 0.25) is 0 Å². The summed E-state index contributed by atoms with van der Waals surface area (Å²) in [6, 6.07) is 0. The van der Waals surface area contributed by atoms with Gasteiger partial charge in [-0.05, 0) is 32.4 Å². The lowest BCUT2D eigenvalue weighted by molar-refractivity contribution is 0.447. The highest BCUT2D eigenvalue weighted by atomic mass is 14.8. The van der Waals surface area contributed by atoms with Gasteiger partial charge in [0.1, 0.15) is 0 Å². The molecule has 0 aromatic carbocycles. The molecule has 0 saturated carbocycles. The molecule has 0 amide bonds. The highest BCUT2D eigenvalue weighted by molar-refractivity contribution is 4.54. The molecule has 0 heterocycles. The Morgan fingerprint density at radius 1 is 1.08 bits per heavy atom. The van der Waals surface area contributed by atoms with Crippen LogP contribution in [-0.4, -0.2) is 13.6 Å². The van der Waals surface area contributed by atoms with Crippen LogP contribution in [0.4, 0.5) is 0 Å². The van der Waals surface area contributed by atoms with E-state index in [2.05, 4.69) is 19.2 Å². The van der Waals surface area contributed by atoms with Crippen molar-refractivity contribution in [2.45, 2.75) is 52.4 Å². The van der Waals surface area contributed by atoms with Gasteiger partial charge in [-0.15, -0.1) is 0 Å². The van der Waals surface area contributed by atoms with E-state index in [1.807, 2.05) is 7.05 Å². The van der Waals surface area contributed by atoms with Gasteiger partial charge in [-0.3, -0.25) is 0 Å². The Labute approximate surface area is 77.9 Å². The largest absolute Gasteiger partial charge is 0.320 e. The lowest BCUT2D eigenvalue weighted by atomic mass is 9.98. The SMILES string of the molecule is CCCCCC(C)CCCNC. The van der Waals surface area contributed by atoms with Crippen LogP contribution in [0.25, 0.3) is 0 Å². The molecule has 1 nitrogen and oxygen atoms in total. The van der Waals surface area contributed by atoms with E-state index >= 15 is 0 Å². The van der Waals surface area contributed by atoms with Crippen molar-refractivity contribution < 1.29 is 0 Å². The summed E-state index contributed by atoms with van der Waals surface area (Å²) in [6.45, 7) is 5.83. The van der Waals surface area contributed by atoms with Gasteiger partial charge in [-0.1, -0.05) is 39.5 Å². The third-order valence-corrected chi connectivity index (χ3v) is 2.42. The van der Waals surface area contributed by atoms with Crippen LogP contribution in [0.5, 0.6) is 0 Å². The Bertz CT molecular complexity index is 71.1. The van der Waals surface area contributed by atoms with Crippen LogP contribution in [0, 0.1) is 5.92 Å². The molecular formula is C11H25N. The minimum atomic E-state index is 0.935. The summed E-state index contributed by atoms with van der Waals surface area (Å²) in [5.74, 6) is 0.935. The van der Waals surface area contributed by atoms with Crippen molar-refractivity contribution in [1.82, 2.24) is 5.32 Å². The molecule has 0 aliphatic rings. The zero-order valence-electron chi connectivity index (χ0n) is 9.03. The van der Waals surface area contributed by atoms with E-state index in [0.29, 0.717) is 0 Å². The second kappa shape index (κ2) is 9.05. The molecule has 0 spiro atoms. The van der Waals surface area contributed by atoms with Gasteiger partial charge < -0.3 is 5.32 Å². The summed E-state index contributed by atoms with van der Waals surface area (Å²) < 4.78 is 0. The molecule has 1 heteroatoms. The number of unbranched alkanes of at least 4 members (excludes halogenated alkanes) is 2. The predicted octanol–water partition coefficient (Wildman–Crippen LogP) is 3.20. The molecule has 0 aliphatic carbocycles. The van der Waals surface area contributed by atoms with Gasteiger partial charge in [0.25, 0.3) is 0 Å². The molecule has 1 atom stereocenters. The number of nitrogens with one attached hydrogen (secondary N) is 1. The third-order valence-electron chi connectivity index (χ3n) is 2.42. The van der Waals surface area contributed by atoms with Gasteiger partial charge >= 0.3 is 0 Å². The number of hydrogen-bond acceptors (Lipinski definition) is 1. The van der Waals surface area contributed by atoms with E-state index in [0.717, 1.165) is 5.92 Å². The summed E-state index contributed by atoms with van der Waals surface area (Å²) in [5, 5.41) is 3.19. The molecule has 12 heavy (non-hydrogen) atoms. The van der Waals surface area contributed by atoms with Crippen LogP contribution < -0.4 is 5.32 Å². The first-order valence-electron chi connectivity index (χ1n) is 5.45. The Balaban J connectivity index is 3.04. The molecule has 0 rings (SSSR count). The Morgan fingerprint density at radius 3 is 2.33 bits per heavy atom. The average molecular weight is 171 g/mol. The van der Waals surface area contributed by atoms with Crippen LogP contribution in [0.15, 0.2) is 0 Å². The van der Waals surface area contributed by atoms with E-state index in [-0.39, 0.29) is 0 Å². The Kier molecular flexibility index (Phi) is 9.02. The fourth-order valence-electron chi connectivity index (χ4n) is 1.51. The monoisotopic (exact) mass is 171 g/mol. The highest BCUT2D eigenvalue weighted by Gasteiger charge is 2.00. The Morgan fingerprint density at radius 2 is 1.75 bits per heavy atom. The first kappa shape index (κ1) is 12.0. The quantitative estimate of drug-likeness (QED) is 0.553. The van der Waals surface area contributed by atoms with Gasteiger partial charge in [0.05, 0.1) is 0 Å². The minimum absolute atomic E-state index is 0.935. The second-order valence-corrected chi connectivity index (χ2v) is 3.85. The maximum absolute atomic E-state index is 3.19. The van der Waals surface area contributed by atoms with Gasteiger partial charge in [0.15, 0.2) is 0 Å². The van der Waals surface area contributed by atoms with Crippen molar-refractivity contribution in [1.29, 1.82) is 0 Å². The molecule has 74 valence electrons. The van der Waals surface area contributed by atoms with Crippen LogP contribution in [0.1, 0.15) is 52.4 Å². The molecule has 0 aromatic rings. The first-order valence-corrected chi connectivity index (χ1v) is 5.45. The van der Waals surface area contributed by atoms with Gasteiger partial charge in [0.2, 0.25) is 0 Å². The van der Waals surface area contributed by atoms with Crippen LogP contribution in [-0.2, 0) is 0 Å². The zero-order chi connectivity index (χ0) is 9.23. The maximum Gasteiger partial charge on any atom is -0.00518 e. The standard InChI is InChI=1S/C11H25N/c1-4-5-6-8-11(2)9-7-10-12-3/h11-12H,4-10H2,1-3H3. The number of hydrogen-bond donors (Lipinski definition) is 1. The van der Waals surface area contributed by atoms with Crippen molar-refractivity contribution in [3.63, 3.8) is 0 Å². The van der Waals surface area contributed by atoms with Crippen LogP contribution >= 0.6 is 0 Å².